The third kappa shape index (κ3) is 24.9. The summed E-state index contributed by atoms with van der Waals surface area (Å²) < 4.78 is 0. The number of rotatable bonds is 16. The zero-order valence-corrected chi connectivity index (χ0v) is 27.2. The van der Waals surface area contributed by atoms with Crippen LogP contribution in [0.15, 0.2) is 154 Å². The van der Waals surface area contributed by atoms with Crippen LogP contribution in [0.1, 0.15) is 94.9 Å². The van der Waals surface area contributed by atoms with Gasteiger partial charge in [-0.2, -0.15) is 0 Å². The molecule has 0 atom stereocenters. The molecule has 0 spiro atoms. The van der Waals surface area contributed by atoms with Gasteiger partial charge in [-0.3, -0.25) is 0 Å². The summed E-state index contributed by atoms with van der Waals surface area (Å²) in [5, 5.41) is 0. The van der Waals surface area contributed by atoms with Crippen LogP contribution in [0.5, 0.6) is 0 Å². The highest BCUT2D eigenvalue weighted by molar-refractivity contribution is 5.32. The van der Waals surface area contributed by atoms with E-state index in [0.29, 0.717) is 0 Å². The Hall–Kier alpha value is -3.38. The molecule has 0 aliphatic rings. The Labute approximate surface area is 248 Å². The first-order chi connectivity index (χ1) is 19.0. The third-order valence-corrected chi connectivity index (χ3v) is 5.93. The molecule has 0 aliphatic heterocycles. The van der Waals surface area contributed by atoms with Crippen molar-refractivity contribution < 1.29 is 0 Å². The van der Waals surface area contributed by atoms with Crippen LogP contribution in [0.25, 0.3) is 0 Å². The monoisotopic (exact) mass is 536 g/mol. The van der Waals surface area contributed by atoms with Crippen LogP contribution < -0.4 is 0 Å². The van der Waals surface area contributed by atoms with Crippen LogP contribution in [-0.4, -0.2) is 0 Å². The van der Waals surface area contributed by atoms with E-state index >= 15 is 0 Å². The minimum absolute atomic E-state index is 1.12. The van der Waals surface area contributed by atoms with E-state index in [2.05, 4.69) is 179 Å². The quantitative estimate of drug-likeness (QED) is 0.136. The minimum Gasteiger partial charge on any atom is -0.0856 e. The van der Waals surface area contributed by atoms with E-state index < -0.39 is 0 Å². The van der Waals surface area contributed by atoms with E-state index in [0.717, 1.165) is 25.7 Å². The standard InChI is InChI=1S/C40H56/c1-33(2)19-13-23-37(7)27-17-31-39(9)29-15-25-35(5)21-11-12-22-36(6)26-16-30-40(10)32-18-28-38(8)24-14-20-34(3)4/h11-12,15-22,25-32H,13-14,23-24H2,1-10H3/b12-11+,25-15+,26-16+,31-17-,32-18+,35-21+,36-22+,37-27+,38-28+,39-29-,40-30+. The summed E-state index contributed by atoms with van der Waals surface area (Å²) in [5.41, 5.74) is 10.5. The number of hydrogen-bond donors (Lipinski definition) is 0. The first kappa shape index (κ1) is 36.6. The first-order valence-electron chi connectivity index (χ1n) is 14.7. The third-order valence-electron chi connectivity index (χ3n) is 5.93. The molecule has 0 aromatic carbocycles. The van der Waals surface area contributed by atoms with Crippen LogP contribution in [-0.2, 0) is 0 Å². The fourth-order valence-electron chi connectivity index (χ4n) is 3.41. The highest BCUT2D eigenvalue weighted by Crippen LogP contribution is 2.09. The van der Waals surface area contributed by atoms with Crippen LogP contribution in [0.4, 0.5) is 0 Å². The van der Waals surface area contributed by atoms with Gasteiger partial charge in [-0.1, -0.05) is 154 Å². The maximum Gasteiger partial charge on any atom is -0.0285 e. The summed E-state index contributed by atoms with van der Waals surface area (Å²) in [5.74, 6) is 0. The molecule has 0 aliphatic carbocycles. The zero-order valence-electron chi connectivity index (χ0n) is 27.2. The Morgan fingerprint density at radius 2 is 0.625 bits per heavy atom. The van der Waals surface area contributed by atoms with E-state index in [1.165, 1.54) is 44.6 Å². The van der Waals surface area contributed by atoms with Crippen molar-refractivity contribution in [3.8, 4) is 0 Å². The van der Waals surface area contributed by atoms with Gasteiger partial charge in [0.1, 0.15) is 0 Å². The molecule has 40 heavy (non-hydrogen) atoms. The van der Waals surface area contributed by atoms with Gasteiger partial charge in [0.05, 0.1) is 0 Å². The molecule has 0 bridgehead atoms. The highest BCUT2D eigenvalue weighted by Gasteiger charge is 1.88. The van der Waals surface area contributed by atoms with E-state index in [1.807, 2.05) is 0 Å². The second kappa shape index (κ2) is 23.5. The summed E-state index contributed by atoms with van der Waals surface area (Å²) in [6.07, 6.45) is 43.3. The molecular weight excluding hydrogens is 480 g/mol. The smallest absolute Gasteiger partial charge is 0.0285 e. The van der Waals surface area contributed by atoms with Crippen molar-refractivity contribution in [2.45, 2.75) is 94.9 Å². The van der Waals surface area contributed by atoms with Gasteiger partial charge in [0.15, 0.2) is 0 Å². The Morgan fingerprint density at radius 1 is 0.350 bits per heavy atom. The SMILES string of the molecule is CC(C)=CCC/C(C)=C/C=C\C(C)=C/C=C/C(C)=C/C=C/C=C(C)/C=C/C=C(C)/C=C/C=C(\C)CCC=C(C)C. The van der Waals surface area contributed by atoms with Gasteiger partial charge in [0.25, 0.3) is 0 Å². The van der Waals surface area contributed by atoms with E-state index in [9.17, 15) is 0 Å². The Morgan fingerprint density at radius 3 is 0.925 bits per heavy atom. The molecule has 0 radical (unpaired) electrons. The second-order valence-electron chi connectivity index (χ2n) is 11.1. The molecule has 0 heteroatoms. The van der Waals surface area contributed by atoms with Gasteiger partial charge in [-0.15, -0.1) is 0 Å². The van der Waals surface area contributed by atoms with E-state index in [-0.39, 0.29) is 0 Å². The van der Waals surface area contributed by atoms with Crippen LogP contribution >= 0.6 is 0 Å². The second-order valence-corrected chi connectivity index (χ2v) is 11.1. The molecule has 0 N–H and O–H groups in total. The summed E-state index contributed by atoms with van der Waals surface area (Å²) in [7, 11) is 0. The Bertz CT molecular complexity index is 1050. The topological polar surface area (TPSA) is 0 Å². The van der Waals surface area contributed by atoms with E-state index in [4.69, 9.17) is 0 Å². The van der Waals surface area contributed by atoms with Crippen molar-refractivity contribution in [2.75, 3.05) is 0 Å². The van der Waals surface area contributed by atoms with Crippen LogP contribution in [0.3, 0.4) is 0 Å². The maximum atomic E-state index is 2.30. The van der Waals surface area contributed by atoms with Crippen LogP contribution in [0, 0.1) is 0 Å². The molecule has 0 saturated heterocycles. The summed E-state index contributed by atoms with van der Waals surface area (Å²) >= 11 is 0. The van der Waals surface area contributed by atoms with Gasteiger partial charge in [-0.25, -0.2) is 0 Å². The van der Waals surface area contributed by atoms with Crippen molar-refractivity contribution >= 4 is 0 Å². The number of allylic oxidation sites excluding steroid dienone is 26. The van der Waals surface area contributed by atoms with Crippen molar-refractivity contribution in [1.82, 2.24) is 0 Å². The molecule has 0 saturated carbocycles. The predicted molar refractivity (Wildman–Crippen MR) is 186 cm³/mol. The molecule has 0 heterocycles. The molecule has 0 rings (SSSR count). The number of hydrogen-bond acceptors (Lipinski definition) is 0. The lowest BCUT2D eigenvalue weighted by Gasteiger charge is -1.96. The molecule has 216 valence electrons. The largest absolute Gasteiger partial charge is 0.0856 e. The maximum absolute atomic E-state index is 2.30. The Kier molecular flexibility index (Phi) is 21.5. The van der Waals surface area contributed by atoms with Crippen molar-refractivity contribution in [2.24, 2.45) is 0 Å². The molecule has 0 unspecified atom stereocenters. The van der Waals surface area contributed by atoms with E-state index in [1.54, 1.807) is 0 Å². The summed E-state index contributed by atoms with van der Waals surface area (Å²) in [4.78, 5) is 0. The normalized spacial score (nSPS) is 15.1. The zero-order chi connectivity index (χ0) is 30.2. The first-order valence-corrected chi connectivity index (χ1v) is 14.7. The highest BCUT2D eigenvalue weighted by atomic mass is 13.9. The van der Waals surface area contributed by atoms with Crippen molar-refractivity contribution in [1.29, 1.82) is 0 Å². The lowest BCUT2D eigenvalue weighted by Crippen LogP contribution is -1.76. The van der Waals surface area contributed by atoms with Gasteiger partial charge < -0.3 is 0 Å². The van der Waals surface area contributed by atoms with Gasteiger partial charge in [0.2, 0.25) is 0 Å². The summed E-state index contributed by atoms with van der Waals surface area (Å²) in [6.45, 7) is 21.5. The molecule has 0 aromatic rings. The lowest BCUT2D eigenvalue weighted by atomic mass is 10.1. The lowest BCUT2D eigenvalue weighted by molar-refractivity contribution is 0.967. The van der Waals surface area contributed by atoms with Crippen molar-refractivity contribution in [3.05, 3.63) is 154 Å². The minimum atomic E-state index is 1.12. The Balaban J connectivity index is 4.70. The average Bonchev–Trinajstić information content (AvgIpc) is 2.86. The average molecular weight is 537 g/mol. The van der Waals surface area contributed by atoms with Gasteiger partial charge >= 0.3 is 0 Å². The van der Waals surface area contributed by atoms with Crippen LogP contribution in [0.2, 0.25) is 0 Å². The molecule has 0 fully saturated rings. The predicted octanol–water partition coefficient (Wildman–Crippen LogP) is 12.9. The van der Waals surface area contributed by atoms with Crippen molar-refractivity contribution in [3.63, 3.8) is 0 Å². The summed E-state index contributed by atoms with van der Waals surface area (Å²) in [6, 6.07) is 0. The molecular formula is C40H56. The molecule has 0 aromatic heterocycles. The molecule has 0 nitrogen and oxygen atoms in total. The van der Waals surface area contributed by atoms with Gasteiger partial charge in [-0.05, 0) is 94.9 Å². The van der Waals surface area contributed by atoms with Gasteiger partial charge in [0, 0.05) is 0 Å². The fraction of sp³-hybridized carbons (Fsp3) is 0.350. The fourth-order valence-corrected chi connectivity index (χ4v) is 3.41. The molecule has 0 amide bonds.